The first kappa shape index (κ1) is 19.8. The lowest BCUT2D eigenvalue weighted by atomic mass is 10.2. The Morgan fingerprint density at radius 3 is 2.52 bits per heavy atom. The topological polar surface area (TPSA) is 98.8 Å². The molecule has 3 aromatic rings. The average Bonchev–Trinajstić information content (AvgIpc) is 3.01. The highest BCUT2D eigenvalue weighted by atomic mass is 16.6. The van der Waals surface area contributed by atoms with E-state index in [0.29, 0.717) is 0 Å². The first-order valence-corrected chi connectivity index (χ1v) is 8.82. The molecule has 0 atom stereocenters. The van der Waals surface area contributed by atoms with Gasteiger partial charge in [0.1, 0.15) is 11.3 Å². The van der Waals surface area contributed by atoms with E-state index in [1.165, 1.54) is 24.4 Å². The summed E-state index contributed by atoms with van der Waals surface area (Å²) in [5.74, 6) is 0.133. The summed E-state index contributed by atoms with van der Waals surface area (Å²) in [5, 5.41) is 15.0. The van der Waals surface area contributed by atoms with Crippen molar-refractivity contribution in [2.75, 3.05) is 7.11 Å². The predicted molar refractivity (Wildman–Crippen MR) is 110 cm³/mol. The molecule has 8 heteroatoms. The first-order chi connectivity index (χ1) is 13.9. The minimum absolute atomic E-state index is 0.0432. The van der Waals surface area contributed by atoms with E-state index >= 15 is 0 Å². The fourth-order valence-corrected chi connectivity index (χ4v) is 3.09. The Balaban J connectivity index is 1.80. The summed E-state index contributed by atoms with van der Waals surface area (Å²) in [6.07, 6.45) is 1.52. The number of aryl methyl sites for hydroxylation is 1. The second-order valence-electron chi connectivity index (χ2n) is 6.33. The van der Waals surface area contributed by atoms with Gasteiger partial charge in [0.15, 0.2) is 0 Å². The summed E-state index contributed by atoms with van der Waals surface area (Å²) in [6, 6.07) is 15.4. The number of carbonyl (C=O) groups excluding carboxylic acids is 1. The first-order valence-electron chi connectivity index (χ1n) is 8.82. The Hall–Kier alpha value is -3.94. The van der Waals surface area contributed by atoms with E-state index in [4.69, 9.17) is 4.74 Å². The third-order valence-corrected chi connectivity index (χ3v) is 4.52. The summed E-state index contributed by atoms with van der Waals surface area (Å²) >= 11 is 0. The zero-order valence-corrected chi connectivity index (χ0v) is 16.2. The predicted octanol–water partition coefficient (Wildman–Crippen LogP) is 3.77. The minimum atomic E-state index is -0.641. The number of para-hydroxylation sites is 1. The SMILES string of the molecule is COc1ccc(-n2c(C)cc(/C=N\NC(=O)c3ccccc3[N+](=O)[O-])c2C)cc1. The van der Waals surface area contributed by atoms with Crippen LogP contribution in [-0.4, -0.2) is 28.7 Å². The van der Waals surface area contributed by atoms with Gasteiger partial charge >= 0.3 is 0 Å². The number of amides is 1. The van der Waals surface area contributed by atoms with Crippen LogP contribution < -0.4 is 10.2 Å². The van der Waals surface area contributed by atoms with E-state index in [9.17, 15) is 14.9 Å². The van der Waals surface area contributed by atoms with E-state index in [1.54, 1.807) is 13.2 Å². The summed E-state index contributed by atoms with van der Waals surface area (Å²) in [6.45, 7) is 3.92. The molecule has 0 fully saturated rings. The molecule has 0 unspecified atom stereocenters. The highest BCUT2D eigenvalue weighted by Gasteiger charge is 2.18. The molecule has 0 bridgehead atoms. The molecular weight excluding hydrogens is 372 g/mol. The largest absolute Gasteiger partial charge is 0.497 e. The van der Waals surface area contributed by atoms with Gasteiger partial charge in [0.25, 0.3) is 11.6 Å². The van der Waals surface area contributed by atoms with Crippen LogP contribution in [0.2, 0.25) is 0 Å². The van der Waals surface area contributed by atoms with Crippen LogP contribution in [0.15, 0.2) is 59.7 Å². The lowest BCUT2D eigenvalue weighted by Gasteiger charge is -2.10. The zero-order chi connectivity index (χ0) is 21.0. The number of ether oxygens (including phenoxy) is 1. The van der Waals surface area contributed by atoms with Crippen molar-refractivity contribution in [3.63, 3.8) is 0 Å². The Bertz CT molecular complexity index is 1080. The molecule has 0 aliphatic heterocycles. The molecule has 8 nitrogen and oxygen atoms in total. The maximum Gasteiger partial charge on any atom is 0.282 e. The molecule has 0 radical (unpaired) electrons. The number of nitro benzene ring substituents is 1. The lowest BCUT2D eigenvalue weighted by molar-refractivity contribution is -0.385. The molecule has 1 amide bonds. The molecule has 1 N–H and O–H groups in total. The molecule has 0 aliphatic carbocycles. The van der Waals surface area contributed by atoms with Crippen LogP contribution >= 0.6 is 0 Å². The summed E-state index contributed by atoms with van der Waals surface area (Å²) in [5.41, 5.74) is 5.78. The van der Waals surface area contributed by atoms with Crippen LogP contribution in [0, 0.1) is 24.0 Å². The van der Waals surface area contributed by atoms with Gasteiger partial charge in [-0.1, -0.05) is 12.1 Å². The van der Waals surface area contributed by atoms with Crippen LogP contribution in [0.5, 0.6) is 5.75 Å². The van der Waals surface area contributed by atoms with Gasteiger partial charge in [-0.2, -0.15) is 5.10 Å². The number of nitrogens with zero attached hydrogens (tertiary/aromatic N) is 3. The van der Waals surface area contributed by atoms with Crippen molar-refractivity contribution in [1.29, 1.82) is 0 Å². The third kappa shape index (κ3) is 4.16. The molecular formula is C21H20N4O4. The monoisotopic (exact) mass is 392 g/mol. The van der Waals surface area contributed by atoms with Crippen molar-refractivity contribution in [1.82, 2.24) is 9.99 Å². The fourth-order valence-electron chi connectivity index (χ4n) is 3.09. The molecule has 0 saturated carbocycles. The van der Waals surface area contributed by atoms with Gasteiger partial charge in [-0.3, -0.25) is 14.9 Å². The fraction of sp³-hybridized carbons (Fsp3) is 0.143. The second kappa shape index (κ2) is 8.39. The molecule has 0 spiro atoms. The molecule has 3 rings (SSSR count). The quantitative estimate of drug-likeness (QED) is 0.392. The number of nitro groups is 1. The normalized spacial score (nSPS) is 10.9. The Morgan fingerprint density at radius 1 is 1.17 bits per heavy atom. The van der Waals surface area contributed by atoms with Crippen LogP contribution in [-0.2, 0) is 0 Å². The van der Waals surface area contributed by atoms with Crippen LogP contribution in [0.25, 0.3) is 5.69 Å². The van der Waals surface area contributed by atoms with Crippen molar-refractivity contribution in [2.45, 2.75) is 13.8 Å². The van der Waals surface area contributed by atoms with E-state index in [-0.39, 0.29) is 11.3 Å². The summed E-state index contributed by atoms with van der Waals surface area (Å²) in [4.78, 5) is 22.7. The highest BCUT2D eigenvalue weighted by molar-refractivity contribution is 5.98. The van der Waals surface area contributed by atoms with Crippen LogP contribution in [0.1, 0.15) is 27.3 Å². The minimum Gasteiger partial charge on any atom is -0.497 e. The number of hydrogen-bond acceptors (Lipinski definition) is 5. The number of aromatic nitrogens is 1. The number of rotatable bonds is 6. The van der Waals surface area contributed by atoms with Crippen molar-refractivity contribution < 1.29 is 14.5 Å². The van der Waals surface area contributed by atoms with Gasteiger partial charge in [-0.05, 0) is 50.2 Å². The summed E-state index contributed by atoms with van der Waals surface area (Å²) in [7, 11) is 1.62. The van der Waals surface area contributed by atoms with Gasteiger partial charge in [0, 0.05) is 28.7 Å². The van der Waals surface area contributed by atoms with Crippen molar-refractivity contribution in [2.24, 2.45) is 5.10 Å². The Labute approximate surface area is 167 Å². The lowest BCUT2D eigenvalue weighted by Crippen LogP contribution is -2.19. The van der Waals surface area contributed by atoms with E-state index < -0.39 is 10.8 Å². The van der Waals surface area contributed by atoms with Crippen molar-refractivity contribution in [3.8, 4) is 11.4 Å². The smallest absolute Gasteiger partial charge is 0.282 e. The maximum absolute atomic E-state index is 12.3. The summed E-state index contributed by atoms with van der Waals surface area (Å²) < 4.78 is 7.25. The molecule has 148 valence electrons. The number of benzene rings is 2. The number of carbonyl (C=O) groups is 1. The maximum atomic E-state index is 12.3. The number of nitrogens with one attached hydrogen (secondary N) is 1. The molecule has 0 saturated heterocycles. The standard InChI is InChI=1S/C21H20N4O4/c1-14-12-16(15(2)24(14)17-8-10-18(29-3)11-9-17)13-22-23-21(26)19-6-4-5-7-20(19)25(27)28/h4-13H,1-3H3,(H,23,26)/b22-13-. The van der Waals surface area contributed by atoms with E-state index in [0.717, 1.165) is 28.4 Å². The number of hydrogen-bond donors (Lipinski definition) is 1. The molecule has 29 heavy (non-hydrogen) atoms. The van der Waals surface area contributed by atoms with Gasteiger partial charge < -0.3 is 9.30 Å². The zero-order valence-electron chi connectivity index (χ0n) is 16.2. The van der Waals surface area contributed by atoms with Crippen LogP contribution in [0.4, 0.5) is 5.69 Å². The van der Waals surface area contributed by atoms with Crippen LogP contribution in [0.3, 0.4) is 0 Å². The molecule has 1 aromatic heterocycles. The van der Waals surface area contributed by atoms with Gasteiger partial charge in [0.2, 0.25) is 0 Å². The van der Waals surface area contributed by atoms with Crippen molar-refractivity contribution in [3.05, 3.63) is 87.2 Å². The Kier molecular flexibility index (Phi) is 5.73. The average molecular weight is 392 g/mol. The van der Waals surface area contributed by atoms with Gasteiger partial charge in [-0.15, -0.1) is 0 Å². The van der Waals surface area contributed by atoms with Gasteiger partial charge in [-0.25, -0.2) is 5.43 Å². The van der Waals surface area contributed by atoms with E-state index in [1.807, 2.05) is 44.2 Å². The second-order valence-corrected chi connectivity index (χ2v) is 6.33. The number of methoxy groups -OCH3 is 1. The van der Waals surface area contributed by atoms with Gasteiger partial charge in [0.05, 0.1) is 18.2 Å². The molecule has 0 aliphatic rings. The molecule has 2 aromatic carbocycles. The highest BCUT2D eigenvalue weighted by Crippen LogP contribution is 2.22. The van der Waals surface area contributed by atoms with E-state index in [2.05, 4.69) is 15.1 Å². The third-order valence-electron chi connectivity index (χ3n) is 4.52. The van der Waals surface area contributed by atoms with Crippen molar-refractivity contribution >= 4 is 17.8 Å². The molecule has 1 heterocycles. The number of hydrazone groups is 1. The Morgan fingerprint density at radius 2 is 1.86 bits per heavy atom.